The smallest absolute Gasteiger partial charge is 0.340 e. The number of carbonyl (C=O) groups is 1. The third kappa shape index (κ3) is 3.59. The van der Waals surface area contributed by atoms with Gasteiger partial charge in [-0.15, -0.1) is 0 Å². The second kappa shape index (κ2) is 6.20. The summed E-state index contributed by atoms with van der Waals surface area (Å²) in [6.45, 7) is 2.36. The van der Waals surface area contributed by atoms with Gasteiger partial charge in [-0.25, -0.2) is 9.78 Å². The van der Waals surface area contributed by atoms with E-state index in [-0.39, 0.29) is 11.8 Å². The molecule has 1 aromatic rings. The molecule has 0 aromatic carbocycles. The third-order valence-corrected chi connectivity index (χ3v) is 2.60. The van der Waals surface area contributed by atoms with Crippen LogP contribution in [0.15, 0.2) is 12.3 Å². The van der Waals surface area contributed by atoms with Gasteiger partial charge in [0.05, 0.1) is 30.7 Å². The Bertz CT molecular complexity index is 421. The van der Waals surface area contributed by atoms with Crippen molar-refractivity contribution in [2.24, 2.45) is 0 Å². The van der Waals surface area contributed by atoms with E-state index in [0.29, 0.717) is 24.3 Å². The lowest BCUT2D eigenvalue weighted by Crippen LogP contribution is -2.23. The number of carbonyl (C=O) groups excluding carboxylic acids is 1. The van der Waals surface area contributed by atoms with Crippen molar-refractivity contribution >= 4 is 17.5 Å². The number of aliphatic hydroxyl groups is 1. The molecule has 1 aromatic heterocycles. The third-order valence-electron chi connectivity index (χ3n) is 2.60. The first-order valence-electron chi connectivity index (χ1n) is 5.68. The fraction of sp³-hybridized carbons (Fsp3) is 0.500. The summed E-state index contributed by atoms with van der Waals surface area (Å²) >= 11 is 0. The molecule has 0 spiro atoms. The van der Waals surface area contributed by atoms with Gasteiger partial charge in [-0.2, -0.15) is 0 Å². The summed E-state index contributed by atoms with van der Waals surface area (Å²) in [5.74, 6) is 0.130. The fourth-order valence-corrected chi connectivity index (χ4v) is 1.45. The normalized spacial score (nSPS) is 12.0. The molecular weight excluding hydrogens is 234 g/mol. The lowest BCUT2D eigenvalue weighted by Gasteiger charge is -2.19. The number of anilines is 2. The molecule has 0 aliphatic rings. The average Bonchev–Trinajstić information content (AvgIpc) is 2.35. The molecule has 0 aliphatic carbocycles. The summed E-state index contributed by atoms with van der Waals surface area (Å²) in [6, 6.07) is 1.59. The van der Waals surface area contributed by atoms with E-state index in [1.165, 1.54) is 13.3 Å². The molecule has 6 nitrogen and oxygen atoms in total. The molecule has 100 valence electrons. The van der Waals surface area contributed by atoms with E-state index in [4.69, 9.17) is 5.73 Å². The van der Waals surface area contributed by atoms with E-state index < -0.39 is 5.97 Å². The number of nitrogens with zero attached hydrogens (tertiary/aromatic N) is 2. The topological polar surface area (TPSA) is 88.7 Å². The van der Waals surface area contributed by atoms with Crippen molar-refractivity contribution in [3.63, 3.8) is 0 Å². The molecule has 0 fully saturated rings. The number of nitrogens with two attached hydrogens (primary N) is 1. The number of ether oxygens (including phenoxy) is 1. The van der Waals surface area contributed by atoms with Crippen LogP contribution < -0.4 is 10.6 Å². The highest BCUT2D eigenvalue weighted by Gasteiger charge is 2.13. The predicted octanol–water partition coefficient (Wildman–Crippen LogP) is 0.657. The first-order chi connectivity index (χ1) is 8.45. The van der Waals surface area contributed by atoms with Crippen molar-refractivity contribution in [1.82, 2.24) is 4.98 Å². The largest absolute Gasteiger partial charge is 0.465 e. The maximum absolute atomic E-state index is 11.5. The van der Waals surface area contributed by atoms with E-state index in [0.717, 1.165) is 0 Å². The maximum atomic E-state index is 11.5. The Kier molecular flexibility index (Phi) is 4.91. The van der Waals surface area contributed by atoms with Crippen LogP contribution in [0.3, 0.4) is 0 Å². The van der Waals surface area contributed by atoms with Gasteiger partial charge in [-0.1, -0.05) is 0 Å². The molecule has 0 radical (unpaired) electrons. The molecule has 0 amide bonds. The molecule has 0 saturated heterocycles. The van der Waals surface area contributed by atoms with Crippen LogP contribution in [0.1, 0.15) is 23.7 Å². The number of aliphatic hydroxyl groups excluding tert-OH is 1. The van der Waals surface area contributed by atoms with Crippen molar-refractivity contribution < 1.29 is 14.6 Å². The zero-order valence-corrected chi connectivity index (χ0v) is 10.9. The average molecular weight is 253 g/mol. The van der Waals surface area contributed by atoms with Gasteiger partial charge in [-0.05, 0) is 19.4 Å². The van der Waals surface area contributed by atoms with Crippen LogP contribution in [-0.2, 0) is 4.74 Å². The van der Waals surface area contributed by atoms with Crippen LogP contribution in [0.4, 0.5) is 11.5 Å². The minimum Gasteiger partial charge on any atom is -0.465 e. The predicted molar refractivity (Wildman–Crippen MR) is 69.6 cm³/mol. The number of hydrogen-bond acceptors (Lipinski definition) is 6. The standard InChI is InChI=1S/C12H19N3O3/c1-8(16)4-5-15(2)11-6-9(12(17)18-3)10(13)7-14-11/h6-8,16H,4-5,13H2,1-3H3. The summed E-state index contributed by atoms with van der Waals surface area (Å²) in [5, 5.41) is 9.23. The van der Waals surface area contributed by atoms with Crippen LogP contribution in [0.5, 0.6) is 0 Å². The number of rotatable bonds is 5. The molecule has 0 aliphatic heterocycles. The Morgan fingerprint density at radius 3 is 2.89 bits per heavy atom. The van der Waals surface area contributed by atoms with Crippen LogP contribution in [-0.4, -0.2) is 42.9 Å². The van der Waals surface area contributed by atoms with Crippen molar-refractivity contribution in [3.05, 3.63) is 17.8 Å². The molecule has 1 heterocycles. The number of aromatic nitrogens is 1. The van der Waals surface area contributed by atoms with E-state index in [9.17, 15) is 9.90 Å². The molecule has 18 heavy (non-hydrogen) atoms. The van der Waals surface area contributed by atoms with Gasteiger partial charge in [0.15, 0.2) is 0 Å². The molecule has 3 N–H and O–H groups in total. The monoisotopic (exact) mass is 253 g/mol. The highest BCUT2D eigenvalue weighted by molar-refractivity contribution is 5.95. The zero-order chi connectivity index (χ0) is 13.7. The van der Waals surface area contributed by atoms with Crippen molar-refractivity contribution in [3.8, 4) is 0 Å². The van der Waals surface area contributed by atoms with Gasteiger partial charge in [0.1, 0.15) is 5.82 Å². The maximum Gasteiger partial charge on any atom is 0.340 e. The van der Waals surface area contributed by atoms with Gasteiger partial charge in [0.2, 0.25) is 0 Å². The van der Waals surface area contributed by atoms with Gasteiger partial charge in [-0.3, -0.25) is 0 Å². The van der Waals surface area contributed by atoms with E-state index in [1.54, 1.807) is 13.0 Å². The number of hydrogen-bond donors (Lipinski definition) is 2. The SMILES string of the molecule is COC(=O)c1cc(N(C)CCC(C)O)ncc1N. The molecule has 0 bridgehead atoms. The van der Waals surface area contributed by atoms with E-state index in [1.807, 2.05) is 11.9 Å². The Hall–Kier alpha value is -1.82. The van der Waals surface area contributed by atoms with Crippen LogP contribution >= 0.6 is 0 Å². The summed E-state index contributed by atoms with van der Waals surface area (Å²) in [7, 11) is 3.14. The first kappa shape index (κ1) is 14.2. The summed E-state index contributed by atoms with van der Waals surface area (Å²) in [4.78, 5) is 17.5. The molecule has 1 rings (SSSR count). The summed E-state index contributed by atoms with van der Waals surface area (Å²) in [5.41, 5.74) is 6.25. The highest BCUT2D eigenvalue weighted by Crippen LogP contribution is 2.18. The second-order valence-electron chi connectivity index (χ2n) is 4.18. The number of pyridine rings is 1. The summed E-state index contributed by atoms with van der Waals surface area (Å²) in [6.07, 6.45) is 1.68. The van der Waals surface area contributed by atoms with Crippen LogP contribution in [0.2, 0.25) is 0 Å². The van der Waals surface area contributed by atoms with Gasteiger partial charge >= 0.3 is 5.97 Å². The fourth-order valence-electron chi connectivity index (χ4n) is 1.45. The second-order valence-corrected chi connectivity index (χ2v) is 4.18. The van der Waals surface area contributed by atoms with Gasteiger partial charge in [0, 0.05) is 13.6 Å². The minimum atomic E-state index is -0.486. The number of esters is 1. The van der Waals surface area contributed by atoms with Crippen LogP contribution in [0.25, 0.3) is 0 Å². The molecule has 1 unspecified atom stereocenters. The van der Waals surface area contributed by atoms with Crippen molar-refractivity contribution in [2.45, 2.75) is 19.4 Å². The highest BCUT2D eigenvalue weighted by atomic mass is 16.5. The lowest BCUT2D eigenvalue weighted by atomic mass is 10.2. The first-order valence-corrected chi connectivity index (χ1v) is 5.68. The number of nitrogen functional groups attached to an aromatic ring is 1. The molecule has 6 heteroatoms. The Morgan fingerprint density at radius 2 is 2.33 bits per heavy atom. The Morgan fingerprint density at radius 1 is 1.67 bits per heavy atom. The van der Waals surface area contributed by atoms with E-state index in [2.05, 4.69) is 9.72 Å². The van der Waals surface area contributed by atoms with Crippen molar-refractivity contribution in [2.75, 3.05) is 31.3 Å². The molecular formula is C12H19N3O3. The number of methoxy groups -OCH3 is 1. The van der Waals surface area contributed by atoms with Crippen LogP contribution in [0, 0.1) is 0 Å². The molecule has 0 saturated carbocycles. The minimum absolute atomic E-state index is 0.287. The van der Waals surface area contributed by atoms with Gasteiger partial charge in [0.25, 0.3) is 0 Å². The summed E-state index contributed by atoms with van der Waals surface area (Å²) < 4.78 is 4.64. The molecule has 1 atom stereocenters. The van der Waals surface area contributed by atoms with Gasteiger partial charge < -0.3 is 20.5 Å². The zero-order valence-electron chi connectivity index (χ0n) is 10.9. The quantitative estimate of drug-likeness (QED) is 0.749. The lowest BCUT2D eigenvalue weighted by molar-refractivity contribution is 0.0602. The Labute approximate surface area is 106 Å². The Balaban J connectivity index is 2.87. The van der Waals surface area contributed by atoms with Crippen molar-refractivity contribution in [1.29, 1.82) is 0 Å². The van der Waals surface area contributed by atoms with E-state index >= 15 is 0 Å².